The molecule has 154 valence electrons. The van der Waals surface area contributed by atoms with Gasteiger partial charge < -0.3 is 14.8 Å². The first-order chi connectivity index (χ1) is 14.6. The molecule has 0 radical (unpaired) electrons. The Balaban J connectivity index is 1.38. The van der Waals surface area contributed by atoms with E-state index in [9.17, 15) is 9.59 Å². The van der Waals surface area contributed by atoms with E-state index in [1.54, 1.807) is 25.4 Å². The minimum Gasteiger partial charge on any atom is -0.354 e. The van der Waals surface area contributed by atoms with Crippen molar-refractivity contribution >= 4 is 17.5 Å². The number of rotatable bonds is 5. The van der Waals surface area contributed by atoms with Gasteiger partial charge >= 0.3 is 0 Å². The number of piperazine rings is 1. The molecule has 2 aromatic heterocycles. The monoisotopic (exact) mass is 404 g/mol. The highest BCUT2D eigenvalue weighted by atomic mass is 16.2. The SMILES string of the molecule is Cn1cccc(C(=O)Nc2cc(N3CCN(Cc4ccccc4)CC3)ncn2)c1=O. The molecule has 1 saturated heterocycles. The highest BCUT2D eigenvalue weighted by Gasteiger charge is 2.19. The molecule has 0 spiro atoms. The van der Waals surface area contributed by atoms with Gasteiger partial charge in [0.1, 0.15) is 23.5 Å². The highest BCUT2D eigenvalue weighted by Crippen LogP contribution is 2.17. The van der Waals surface area contributed by atoms with Crippen molar-refractivity contribution in [1.82, 2.24) is 19.4 Å². The van der Waals surface area contributed by atoms with Gasteiger partial charge in [0.15, 0.2) is 0 Å². The van der Waals surface area contributed by atoms with Crippen molar-refractivity contribution in [2.75, 3.05) is 36.4 Å². The van der Waals surface area contributed by atoms with E-state index >= 15 is 0 Å². The molecular weight excluding hydrogens is 380 g/mol. The van der Waals surface area contributed by atoms with Crippen LogP contribution >= 0.6 is 0 Å². The Morgan fingerprint density at radius 1 is 1.03 bits per heavy atom. The molecule has 0 unspecified atom stereocenters. The number of nitrogens with one attached hydrogen (secondary N) is 1. The number of hydrogen-bond acceptors (Lipinski definition) is 6. The predicted molar refractivity (Wildman–Crippen MR) is 116 cm³/mol. The number of amides is 1. The molecule has 1 aliphatic rings. The minimum atomic E-state index is -0.478. The van der Waals surface area contributed by atoms with Gasteiger partial charge in [-0.05, 0) is 17.7 Å². The second-order valence-electron chi connectivity index (χ2n) is 7.30. The number of aromatic nitrogens is 3. The van der Waals surface area contributed by atoms with Crippen LogP contribution < -0.4 is 15.8 Å². The first-order valence-corrected chi connectivity index (χ1v) is 9.90. The van der Waals surface area contributed by atoms with E-state index < -0.39 is 5.91 Å². The van der Waals surface area contributed by atoms with Gasteiger partial charge in [0.25, 0.3) is 11.5 Å². The average molecular weight is 404 g/mol. The molecule has 0 atom stereocenters. The fourth-order valence-corrected chi connectivity index (χ4v) is 3.52. The van der Waals surface area contributed by atoms with Crippen LogP contribution in [0.15, 0.2) is 65.8 Å². The number of carbonyl (C=O) groups excluding carboxylic acids is 1. The van der Waals surface area contributed by atoms with Crippen molar-refractivity contribution < 1.29 is 4.79 Å². The molecule has 3 aromatic rings. The quantitative estimate of drug-likeness (QED) is 0.698. The summed E-state index contributed by atoms with van der Waals surface area (Å²) in [6.07, 6.45) is 3.05. The third kappa shape index (κ3) is 4.55. The molecule has 1 amide bonds. The number of nitrogens with zero attached hydrogens (tertiary/aromatic N) is 5. The van der Waals surface area contributed by atoms with E-state index in [0.717, 1.165) is 38.5 Å². The molecule has 4 rings (SSSR count). The molecular formula is C22H24N6O2. The van der Waals surface area contributed by atoms with Crippen molar-refractivity contribution in [2.45, 2.75) is 6.54 Å². The number of aryl methyl sites for hydroxylation is 1. The van der Waals surface area contributed by atoms with Gasteiger partial charge in [-0.3, -0.25) is 14.5 Å². The lowest BCUT2D eigenvalue weighted by Gasteiger charge is -2.35. The smallest absolute Gasteiger partial charge is 0.263 e. The molecule has 0 bridgehead atoms. The van der Waals surface area contributed by atoms with Crippen LogP contribution in [0.25, 0.3) is 0 Å². The average Bonchev–Trinajstić information content (AvgIpc) is 2.77. The summed E-state index contributed by atoms with van der Waals surface area (Å²) in [5.74, 6) is 0.664. The van der Waals surface area contributed by atoms with Crippen LogP contribution in [-0.2, 0) is 13.6 Å². The topological polar surface area (TPSA) is 83.4 Å². The summed E-state index contributed by atoms with van der Waals surface area (Å²) in [6.45, 7) is 4.49. The van der Waals surface area contributed by atoms with Gasteiger partial charge in [0.05, 0.1) is 0 Å². The Morgan fingerprint density at radius 2 is 1.80 bits per heavy atom. The van der Waals surface area contributed by atoms with Gasteiger partial charge in [0.2, 0.25) is 0 Å². The number of carbonyl (C=O) groups is 1. The van der Waals surface area contributed by atoms with Crippen molar-refractivity contribution in [3.8, 4) is 0 Å². The van der Waals surface area contributed by atoms with Crippen molar-refractivity contribution in [2.24, 2.45) is 7.05 Å². The van der Waals surface area contributed by atoms with Gasteiger partial charge in [-0.2, -0.15) is 0 Å². The van der Waals surface area contributed by atoms with E-state index in [1.165, 1.54) is 22.5 Å². The minimum absolute atomic E-state index is 0.0784. The summed E-state index contributed by atoms with van der Waals surface area (Å²) < 4.78 is 1.37. The summed E-state index contributed by atoms with van der Waals surface area (Å²) in [5.41, 5.74) is 1.04. The summed E-state index contributed by atoms with van der Waals surface area (Å²) in [4.78, 5) is 37.7. The molecule has 1 N–H and O–H groups in total. The van der Waals surface area contributed by atoms with E-state index in [0.29, 0.717) is 5.82 Å². The molecule has 0 saturated carbocycles. The first kappa shape index (κ1) is 19.8. The number of hydrogen-bond donors (Lipinski definition) is 1. The van der Waals surface area contributed by atoms with Crippen molar-refractivity contribution in [3.05, 3.63) is 82.5 Å². The maximum absolute atomic E-state index is 12.5. The van der Waals surface area contributed by atoms with Gasteiger partial charge in [-0.1, -0.05) is 30.3 Å². The van der Waals surface area contributed by atoms with Crippen LogP contribution in [0.1, 0.15) is 15.9 Å². The Kier molecular flexibility index (Phi) is 5.85. The summed E-state index contributed by atoms with van der Waals surface area (Å²) in [6, 6.07) is 15.4. The standard InChI is InChI=1S/C22H24N6O2/c1-26-9-5-8-18(22(26)30)21(29)25-19-14-20(24-16-23-19)28-12-10-27(11-13-28)15-17-6-3-2-4-7-17/h2-9,14,16H,10-13,15H2,1H3,(H,23,24,25,29). The molecule has 1 aliphatic heterocycles. The van der Waals surface area contributed by atoms with E-state index in [-0.39, 0.29) is 11.1 Å². The maximum Gasteiger partial charge on any atom is 0.263 e. The second-order valence-corrected chi connectivity index (χ2v) is 7.30. The molecule has 8 heteroatoms. The number of anilines is 2. The number of pyridine rings is 1. The molecule has 30 heavy (non-hydrogen) atoms. The summed E-state index contributed by atoms with van der Waals surface area (Å²) in [7, 11) is 1.61. The fourth-order valence-electron chi connectivity index (χ4n) is 3.52. The van der Waals surface area contributed by atoms with Crippen molar-refractivity contribution in [1.29, 1.82) is 0 Å². The zero-order valence-corrected chi connectivity index (χ0v) is 16.9. The summed E-state index contributed by atoms with van der Waals surface area (Å²) >= 11 is 0. The lowest BCUT2D eigenvalue weighted by atomic mass is 10.2. The van der Waals surface area contributed by atoms with Crippen molar-refractivity contribution in [3.63, 3.8) is 0 Å². The predicted octanol–water partition coefficient (Wildman–Crippen LogP) is 1.75. The van der Waals surface area contributed by atoms with Crippen LogP contribution in [-0.4, -0.2) is 51.5 Å². The second kappa shape index (κ2) is 8.87. The highest BCUT2D eigenvalue weighted by molar-refractivity contribution is 6.03. The molecule has 8 nitrogen and oxygen atoms in total. The van der Waals surface area contributed by atoms with E-state index in [2.05, 4.69) is 49.4 Å². The molecule has 1 aromatic carbocycles. The maximum atomic E-state index is 12.5. The fraction of sp³-hybridized carbons (Fsp3) is 0.273. The zero-order valence-electron chi connectivity index (χ0n) is 16.9. The van der Waals surface area contributed by atoms with Crippen LogP contribution in [0.5, 0.6) is 0 Å². The van der Waals surface area contributed by atoms with Gasteiger partial charge in [0, 0.05) is 52.0 Å². The normalized spacial score (nSPS) is 14.5. The molecule has 0 aliphatic carbocycles. The van der Waals surface area contributed by atoms with Crippen LogP contribution in [0, 0.1) is 0 Å². The Labute approximate surface area is 174 Å². The Morgan fingerprint density at radius 3 is 2.57 bits per heavy atom. The van der Waals surface area contributed by atoms with E-state index in [1.807, 2.05) is 6.07 Å². The molecule has 3 heterocycles. The summed E-state index contributed by atoms with van der Waals surface area (Å²) in [5, 5.41) is 2.71. The van der Waals surface area contributed by atoms with Gasteiger partial charge in [-0.25, -0.2) is 9.97 Å². The third-order valence-corrected chi connectivity index (χ3v) is 5.21. The largest absolute Gasteiger partial charge is 0.354 e. The van der Waals surface area contributed by atoms with Crippen LogP contribution in [0.2, 0.25) is 0 Å². The first-order valence-electron chi connectivity index (χ1n) is 9.90. The Bertz CT molecular complexity index is 1070. The number of benzene rings is 1. The zero-order chi connectivity index (χ0) is 20.9. The van der Waals surface area contributed by atoms with E-state index in [4.69, 9.17) is 0 Å². The van der Waals surface area contributed by atoms with Crippen LogP contribution in [0.4, 0.5) is 11.6 Å². The Hall–Kier alpha value is -3.52. The third-order valence-electron chi connectivity index (χ3n) is 5.21. The van der Waals surface area contributed by atoms with Gasteiger partial charge in [-0.15, -0.1) is 0 Å². The lowest BCUT2D eigenvalue weighted by molar-refractivity contribution is 0.102. The molecule has 1 fully saturated rings. The van der Waals surface area contributed by atoms with Crippen LogP contribution in [0.3, 0.4) is 0 Å². The lowest BCUT2D eigenvalue weighted by Crippen LogP contribution is -2.46.